The summed E-state index contributed by atoms with van der Waals surface area (Å²) in [4.78, 5) is 21.9. The highest BCUT2D eigenvalue weighted by atomic mass is 19.1. The zero-order valence-electron chi connectivity index (χ0n) is 15.8. The maximum absolute atomic E-state index is 13.8. The predicted octanol–water partition coefficient (Wildman–Crippen LogP) is 5.04. The smallest absolute Gasteiger partial charge is 0.226 e. The number of hydrogen-bond donors (Lipinski definition) is 1. The monoisotopic (exact) mass is 402 g/mol. The Kier molecular flexibility index (Phi) is 4.35. The Morgan fingerprint density at radius 2 is 1.53 bits per heavy atom. The normalized spacial score (nSPS) is 11.4. The molecule has 0 fully saturated rings. The zero-order chi connectivity index (χ0) is 20.7. The van der Waals surface area contributed by atoms with Crippen LogP contribution in [0.25, 0.3) is 33.1 Å². The molecule has 3 aromatic carbocycles. The molecule has 30 heavy (non-hydrogen) atoms. The first-order valence-corrected chi connectivity index (χ1v) is 9.49. The van der Waals surface area contributed by atoms with E-state index in [-0.39, 0.29) is 6.42 Å². The number of carbonyl (C=O) groups is 1. The Morgan fingerprint density at radius 1 is 0.867 bits per heavy atom. The third-order valence-electron chi connectivity index (χ3n) is 5.05. The molecule has 1 amide bonds. The molecule has 2 aromatic heterocycles. The minimum atomic E-state index is -0.808. The summed E-state index contributed by atoms with van der Waals surface area (Å²) in [5, 5.41) is 3.26. The van der Waals surface area contributed by atoms with Crippen molar-refractivity contribution >= 4 is 44.7 Å². The van der Waals surface area contributed by atoms with E-state index in [9.17, 15) is 13.6 Å². The fourth-order valence-corrected chi connectivity index (χ4v) is 3.64. The number of halogens is 2. The summed E-state index contributed by atoms with van der Waals surface area (Å²) in [6, 6.07) is 18.8. The molecule has 7 heteroatoms. The van der Waals surface area contributed by atoms with Crippen LogP contribution in [0.3, 0.4) is 0 Å². The Hall–Kier alpha value is -3.87. The van der Waals surface area contributed by atoms with Gasteiger partial charge in [-0.3, -0.25) is 4.79 Å². The number of aromatic nitrogens is 3. The predicted molar refractivity (Wildman–Crippen MR) is 112 cm³/mol. The summed E-state index contributed by atoms with van der Waals surface area (Å²) in [6.45, 7) is 0.291. The fourth-order valence-electron chi connectivity index (χ4n) is 3.64. The second-order valence-corrected chi connectivity index (χ2v) is 6.95. The first-order chi connectivity index (χ1) is 14.6. The summed E-state index contributed by atoms with van der Waals surface area (Å²) in [7, 11) is 0. The van der Waals surface area contributed by atoms with Crippen LogP contribution >= 0.6 is 0 Å². The zero-order valence-corrected chi connectivity index (χ0v) is 15.8. The van der Waals surface area contributed by atoms with Gasteiger partial charge in [0.15, 0.2) is 5.65 Å². The van der Waals surface area contributed by atoms with E-state index in [1.807, 2.05) is 53.1 Å². The number of benzene rings is 3. The molecule has 1 N–H and O–H groups in total. The van der Waals surface area contributed by atoms with E-state index in [2.05, 4.69) is 5.32 Å². The van der Waals surface area contributed by atoms with Crippen LogP contribution in [0, 0.1) is 11.6 Å². The number of anilines is 1. The lowest BCUT2D eigenvalue weighted by Crippen LogP contribution is -2.16. The number of rotatable bonds is 4. The Bertz CT molecular complexity index is 1410. The average Bonchev–Trinajstić information content (AvgIpc) is 3.06. The molecule has 0 unspecified atom stereocenters. The van der Waals surface area contributed by atoms with Gasteiger partial charge < -0.3 is 9.88 Å². The van der Waals surface area contributed by atoms with E-state index in [1.54, 1.807) is 0 Å². The number of para-hydroxylation sites is 4. The summed E-state index contributed by atoms with van der Waals surface area (Å²) in [5.41, 5.74) is 3.43. The minimum Gasteiger partial charge on any atom is -0.323 e. The van der Waals surface area contributed by atoms with Gasteiger partial charge in [-0.2, -0.15) is 0 Å². The van der Waals surface area contributed by atoms with E-state index >= 15 is 0 Å². The summed E-state index contributed by atoms with van der Waals surface area (Å²) in [5.74, 6) is -2.10. The van der Waals surface area contributed by atoms with Crippen LogP contribution in [-0.4, -0.2) is 20.4 Å². The van der Waals surface area contributed by atoms with Gasteiger partial charge in [0.2, 0.25) is 5.91 Å². The van der Waals surface area contributed by atoms with Crippen LogP contribution < -0.4 is 5.32 Å². The molecule has 0 bridgehead atoms. The molecule has 0 saturated heterocycles. The topological polar surface area (TPSA) is 59.8 Å². The number of fused-ring (bicyclic) bond motifs is 4. The maximum Gasteiger partial charge on any atom is 0.226 e. The van der Waals surface area contributed by atoms with Crippen molar-refractivity contribution in [3.8, 4) is 0 Å². The van der Waals surface area contributed by atoms with Crippen molar-refractivity contribution in [2.24, 2.45) is 0 Å². The second-order valence-electron chi connectivity index (χ2n) is 6.95. The molecule has 0 saturated carbocycles. The highest BCUT2D eigenvalue weighted by Crippen LogP contribution is 2.28. The number of aryl methyl sites for hydroxylation is 1. The SMILES string of the molecule is O=C(CCn1c2ccccc2c2nc3ccccc3nc21)Nc1c(F)cccc1F. The second kappa shape index (κ2) is 7.18. The van der Waals surface area contributed by atoms with Gasteiger partial charge in [0, 0.05) is 18.4 Å². The van der Waals surface area contributed by atoms with Crippen molar-refractivity contribution in [2.45, 2.75) is 13.0 Å². The van der Waals surface area contributed by atoms with Crippen LogP contribution in [0.1, 0.15) is 6.42 Å². The molecule has 148 valence electrons. The van der Waals surface area contributed by atoms with E-state index in [0.717, 1.165) is 39.6 Å². The number of carbonyl (C=O) groups excluding carboxylic acids is 1. The lowest BCUT2D eigenvalue weighted by atomic mass is 10.2. The van der Waals surface area contributed by atoms with Crippen molar-refractivity contribution in [3.63, 3.8) is 0 Å². The van der Waals surface area contributed by atoms with Crippen molar-refractivity contribution in [1.82, 2.24) is 14.5 Å². The fraction of sp³-hybridized carbons (Fsp3) is 0.0870. The molecule has 0 aliphatic carbocycles. The highest BCUT2D eigenvalue weighted by Gasteiger charge is 2.16. The maximum atomic E-state index is 13.8. The molecule has 0 spiro atoms. The van der Waals surface area contributed by atoms with Crippen LogP contribution in [0.4, 0.5) is 14.5 Å². The lowest BCUT2D eigenvalue weighted by Gasteiger charge is -2.09. The van der Waals surface area contributed by atoms with Crippen molar-refractivity contribution in [3.05, 3.63) is 78.4 Å². The van der Waals surface area contributed by atoms with Gasteiger partial charge in [0.25, 0.3) is 0 Å². The molecule has 0 aliphatic heterocycles. The lowest BCUT2D eigenvalue weighted by molar-refractivity contribution is -0.116. The first kappa shape index (κ1) is 18.2. The van der Waals surface area contributed by atoms with Gasteiger partial charge in [0.1, 0.15) is 22.8 Å². The van der Waals surface area contributed by atoms with E-state index in [4.69, 9.17) is 9.97 Å². The van der Waals surface area contributed by atoms with Gasteiger partial charge in [-0.15, -0.1) is 0 Å². The molecule has 5 aromatic rings. The number of amides is 1. The molecular formula is C23H16F2N4O. The number of nitrogens with one attached hydrogen (secondary N) is 1. The van der Waals surface area contributed by atoms with E-state index < -0.39 is 23.2 Å². The van der Waals surface area contributed by atoms with Crippen molar-refractivity contribution in [2.75, 3.05) is 5.32 Å². The molecule has 5 nitrogen and oxygen atoms in total. The first-order valence-electron chi connectivity index (χ1n) is 9.49. The molecule has 2 heterocycles. The number of nitrogens with zero attached hydrogens (tertiary/aromatic N) is 3. The van der Waals surface area contributed by atoms with Crippen molar-refractivity contribution in [1.29, 1.82) is 0 Å². The standard InChI is InChI=1S/C23H16F2N4O/c24-15-7-5-8-16(25)22(15)28-20(30)12-13-29-19-11-4-1-6-14(19)21-23(29)27-18-10-3-2-9-17(18)26-21/h1-11H,12-13H2,(H,28,30). The molecule has 0 atom stereocenters. The summed E-state index contributed by atoms with van der Waals surface area (Å²) >= 11 is 0. The molecular weight excluding hydrogens is 386 g/mol. The highest BCUT2D eigenvalue weighted by molar-refractivity contribution is 6.06. The number of hydrogen-bond acceptors (Lipinski definition) is 3. The Labute approximate surface area is 170 Å². The van der Waals surface area contributed by atoms with Gasteiger partial charge in [-0.05, 0) is 30.3 Å². The summed E-state index contributed by atoms with van der Waals surface area (Å²) in [6.07, 6.45) is 0.0239. The largest absolute Gasteiger partial charge is 0.323 e. The van der Waals surface area contributed by atoms with Gasteiger partial charge in [0.05, 0.1) is 16.6 Å². The molecule has 0 radical (unpaired) electrons. The average molecular weight is 402 g/mol. The molecule has 0 aliphatic rings. The van der Waals surface area contributed by atoms with Crippen LogP contribution in [0.2, 0.25) is 0 Å². The van der Waals surface area contributed by atoms with Crippen molar-refractivity contribution < 1.29 is 13.6 Å². The minimum absolute atomic E-state index is 0.0239. The van der Waals surface area contributed by atoms with Gasteiger partial charge in [-0.1, -0.05) is 36.4 Å². The van der Waals surface area contributed by atoms with Gasteiger partial charge >= 0.3 is 0 Å². The van der Waals surface area contributed by atoms with Gasteiger partial charge in [-0.25, -0.2) is 18.7 Å². The third kappa shape index (κ3) is 3.04. The van der Waals surface area contributed by atoms with Crippen LogP contribution in [-0.2, 0) is 11.3 Å². The van der Waals surface area contributed by atoms with E-state index in [1.165, 1.54) is 6.07 Å². The molecule has 5 rings (SSSR count). The van der Waals surface area contributed by atoms with E-state index in [0.29, 0.717) is 12.2 Å². The third-order valence-corrected chi connectivity index (χ3v) is 5.05. The summed E-state index contributed by atoms with van der Waals surface area (Å²) < 4.78 is 29.5. The quantitative estimate of drug-likeness (QED) is 0.458. The van der Waals surface area contributed by atoms with Crippen LogP contribution in [0.15, 0.2) is 66.7 Å². The van der Waals surface area contributed by atoms with Crippen LogP contribution in [0.5, 0.6) is 0 Å². The Balaban J connectivity index is 1.52. The Morgan fingerprint density at radius 3 is 2.30 bits per heavy atom.